The van der Waals surface area contributed by atoms with Crippen LogP contribution in [0.3, 0.4) is 0 Å². The summed E-state index contributed by atoms with van der Waals surface area (Å²) in [6.07, 6.45) is 3.06. The minimum Gasteiger partial charge on any atom is -0.315 e. The van der Waals surface area contributed by atoms with Gasteiger partial charge in [0.05, 0.1) is 11.3 Å². The van der Waals surface area contributed by atoms with E-state index in [9.17, 15) is 4.79 Å². The largest absolute Gasteiger partial charge is 0.315 e. The molecule has 0 unspecified atom stereocenters. The number of nitrogens with zero attached hydrogens (tertiary/aromatic N) is 2. The molecule has 0 radical (unpaired) electrons. The molecule has 3 rings (SSSR count). The van der Waals surface area contributed by atoms with Gasteiger partial charge >= 0.3 is 0 Å². The third kappa shape index (κ3) is 3.27. The van der Waals surface area contributed by atoms with Crippen molar-refractivity contribution in [2.45, 2.75) is 17.7 Å². The number of hydrogen-bond acceptors (Lipinski definition) is 5. The third-order valence-corrected chi connectivity index (χ3v) is 6.13. The van der Waals surface area contributed by atoms with Gasteiger partial charge < -0.3 is 10.6 Å². The second kappa shape index (κ2) is 6.19. The Hall–Kier alpha value is -0.660. The van der Waals surface area contributed by atoms with Gasteiger partial charge in [0.2, 0.25) is 5.91 Å². The van der Waals surface area contributed by atoms with E-state index in [1.165, 1.54) is 0 Å². The summed E-state index contributed by atoms with van der Waals surface area (Å²) >= 11 is 3.60. The minimum atomic E-state index is 0.0667. The van der Waals surface area contributed by atoms with Crippen molar-refractivity contribution in [3.8, 4) is 0 Å². The highest BCUT2D eigenvalue weighted by Gasteiger charge is 2.23. The SMILES string of the molecule is O=C(Nc1ccn([C@H]2CCNC2)n1)[C@H]1CSCCS1. The average Bonchev–Trinajstić information content (AvgIpc) is 3.10. The van der Waals surface area contributed by atoms with Crippen molar-refractivity contribution in [2.75, 3.05) is 35.7 Å². The van der Waals surface area contributed by atoms with Crippen LogP contribution in [0.2, 0.25) is 0 Å². The Bertz CT molecular complexity index is 439. The molecule has 1 aromatic heterocycles. The zero-order valence-corrected chi connectivity index (χ0v) is 12.3. The Morgan fingerprint density at radius 3 is 3.21 bits per heavy atom. The zero-order valence-electron chi connectivity index (χ0n) is 10.7. The predicted molar refractivity (Wildman–Crippen MR) is 81.0 cm³/mol. The molecule has 1 amide bonds. The number of nitrogens with one attached hydrogen (secondary N) is 2. The van der Waals surface area contributed by atoms with Crippen molar-refractivity contribution < 1.29 is 4.79 Å². The highest BCUT2D eigenvalue weighted by atomic mass is 32.2. The molecule has 0 aliphatic carbocycles. The Balaban J connectivity index is 1.58. The molecule has 7 heteroatoms. The molecule has 2 atom stereocenters. The van der Waals surface area contributed by atoms with Gasteiger partial charge in [-0.3, -0.25) is 9.48 Å². The number of hydrogen-bond donors (Lipinski definition) is 2. The van der Waals surface area contributed by atoms with E-state index in [0.717, 1.165) is 36.8 Å². The van der Waals surface area contributed by atoms with Crippen LogP contribution < -0.4 is 10.6 Å². The lowest BCUT2D eigenvalue weighted by Gasteiger charge is -2.19. The summed E-state index contributed by atoms with van der Waals surface area (Å²) in [5.41, 5.74) is 0. The van der Waals surface area contributed by atoms with Gasteiger partial charge in [0.25, 0.3) is 0 Å². The molecule has 104 valence electrons. The summed E-state index contributed by atoms with van der Waals surface area (Å²) in [7, 11) is 0. The van der Waals surface area contributed by atoms with Crippen LogP contribution >= 0.6 is 23.5 Å². The van der Waals surface area contributed by atoms with Crippen LogP contribution in [-0.4, -0.2) is 51.3 Å². The number of rotatable bonds is 3. The van der Waals surface area contributed by atoms with Crippen molar-refractivity contribution in [1.82, 2.24) is 15.1 Å². The molecule has 0 bridgehead atoms. The average molecular weight is 298 g/mol. The maximum atomic E-state index is 12.1. The van der Waals surface area contributed by atoms with E-state index >= 15 is 0 Å². The highest BCUT2D eigenvalue weighted by Crippen LogP contribution is 2.25. The molecular weight excluding hydrogens is 280 g/mol. The lowest BCUT2D eigenvalue weighted by atomic mass is 10.3. The third-order valence-electron chi connectivity index (χ3n) is 3.38. The maximum absolute atomic E-state index is 12.1. The number of aromatic nitrogens is 2. The molecule has 2 saturated heterocycles. The first kappa shape index (κ1) is 13.3. The second-order valence-corrected chi connectivity index (χ2v) is 7.21. The molecule has 2 aliphatic rings. The fraction of sp³-hybridized carbons (Fsp3) is 0.667. The summed E-state index contributed by atoms with van der Waals surface area (Å²) in [6.45, 7) is 2.01. The molecule has 5 nitrogen and oxygen atoms in total. The topological polar surface area (TPSA) is 59.0 Å². The number of carbonyl (C=O) groups excluding carboxylic acids is 1. The molecule has 0 saturated carbocycles. The van der Waals surface area contributed by atoms with Crippen LogP contribution in [0.5, 0.6) is 0 Å². The monoisotopic (exact) mass is 298 g/mol. The number of amides is 1. The van der Waals surface area contributed by atoms with Crippen LogP contribution in [0, 0.1) is 0 Å². The number of thioether (sulfide) groups is 2. The van der Waals surface area contributed by atoms with E-state index in [1.54, 1.807) is 11.8 Å². The fourth-order valence-electron chi connectivity index (χ4n) is 2.32. The van der Waals surface area contributed by atoms with E-state index in [4.69, 9.17) is 0 Å². The van der Waals surface area contributed by atoms with Crippen molar-refractivity contribution in [2.24, 2.45) is 0 Å². The highest BCUT2D eigenvalue weighted by molar-refractivity contribution is 8.07. The van der Waals surface area contributed by atoms with E-state index in [0.29, 0.717) is 11.9 Å². The first-order chi connectivity index (χ1) is 9.33. The molecule has 2 aliphatic heterocycles. The molecule has 0 spiro atoms. The molecule has 1 aromatic rings. The van der Waals surface area contributed by atoms with Crippen molar-refractivity contribution in [3.63, 3.8) is 0 Å². The summed E-state index contributed by atoms with van der Waals surface area (Å²) in [5.74, 6) is 3.88. The van der Waals surface area contributed by atoms with Gasteiger partial charge in [-0.2, -0.15) is 16.9 Å². The van der Waals surface area contributed by atoms with Gasteiger partial charge in [-0.05, 0) is 13.0 Å². The van der Waals surface area contributed by atoms with E-state index in [2.05, 4.69) is 15.7 Å². The van der Waals surface area contributed by atoms with Crippen molar-refractivity contribution >= 4 is 35.2 Å². The summed E-state index contributed by atoms with van der Waals surface area (Å²) in [5, 5.41) is 10.8. The van der Waals surface area contributed by atoms with Crippen LogP contribution in [0.4, 0.5) is 5.82 Å². The normalized spacial score (nSPS) is 27.4. The zero-order chi connectivity index (χ0) is 13.1. The lowest BCUT2D eigenvalue weighted by Crippen LogP contribution is -2.30. The Labute approximate surface area is 121 Å². The molecule has 19 heavy (non-hydrogen) atoms. The van der Waals surface area contributed by atoms with E-state index < -0.39 is 0 Å². The van der Waals surface area contributed by atoms with Crippen molar-refractivity contribution in [1.29, 1.82) is 0 Å². The Morgan fingerprint density at radius 1 is 1.53 bits per heavy atom. The van der Waals surface area contributed by atoms with Gasteiger partial charge in [-0.1, -0.05) is 0 Å². The number of anilines is 1. The van der Waals surface area contributed by atoms with Gasteiger partial charge in [-0.15, -0.1) is 11.8 Å². The van der Waals surface area contributed by atoms with Gasteiger partial charge in [0.1, 0.15) is 0 Å². The van der Waals surface area contributed by atoms with E-state index in [1.807, 2.05) is 28.7 Å². The quantitative estimate of drug-likeness (QED) is 0.878. The second-order valence-electron chi connectivity index (χ2n) is 4.75. The molecule has 2 N–H and O–H groups in total. The first-order valence-electron chi connectivity index (χ1n) is 6.59. The molecule has 3 heterocycles. The first-order valence-corrected chi connectivity index (χ1v) is 8.79. The van der Waals surface area contributed by atoms with Crippen LogP contribution in [-0.2, 0) is 4.79 Å². The van der Waals surface area contributed by atoms with E-state index in [-0.39, 0.29) is 11.2 Å². The fourth-order valence-corrected chi connectivity index (χ4v) is 4.88. The summed E-state index contributed by atoms with van der Waals surface area (Å²) in [4.78, 5) is 12.1. The Kier molecular flexibility index (Phi) is 4.35. The van der Waals surface area contributed by atoms with Gasteiger partial charge in [0, 0.05) is 36.1 Å². The summed E-state index contributed by atoms with van der Waals surface area (Å²) < 4.78 is 1.96. The van der Waals surface area contributed by atoms with Crippen LogP contribution in [0.15, 0.2) is 12.3 Å². The number of carbonyl (C=O) groups is 1. The predicted octanol–water partition coefficient (Wildman–Crippen LogP) is 1.20. The summed E-state index contributed by atoms with van der Waals surface area (Å²) in [6, 6.07) is 2.31. The minimum absolute atomic E-state index is 0.0667. The van der Waals surface area contributed by atoms with Crippen LogP contribution in [0.25, 0.3) is 0 Å². The lowest BCUT2D eigenvalue weighted by molar-refractivity contribution is -0.115. The molecular formula is C12H18N4OS2. The molecule has 2 fully saturated rings. The standard InChI is InChI=1S/C12H18N4OS2/c17-12(10-8-18-5-6-19-10)14-11-2-4-16(15-11)9-1-3-13-7-9/h2,4,9-10,13H,1,3,5-8H2,(H,14,15,17)/t9-,10+/m0/s1. The maximum Gasteiger partial charge on any atom is 0.239 e. The van der Waals surface area contributed by atoms with Crippen LogP contribution in [0.1, 0.15) is 12.5 Å². The van der Waals surface area contributed by atoms with Crippen molar-refractivity contribution in [3.05, 3.63) is 12.3 Å². The van der Waals surface area contributed by atoms with Gasteiger partial charge in [-0.25, -0.2) is 0 Å². The van der Waals surface area contributed by atoms with Gasteiger partial charge in [0.15, 0.2) is 5.82 Å². The molecule has 0 aromatic carbocycles. The smallest absolute Gasteiger partial charge is 0.239 e. The Morgan fingerprint density at radius 2 is 2.47 bits per heavy atom.